The van der Waals surface area contributed by atoms with Crippen LogP contribution in [0, 0.1) is 0 Å². The topological polar surface area (TPSA) is 83.7 Å². The number of ether oxygens (including phenoxy) is 3. The summed E-state index contributed by atoms with van der Waals surface area (Å²) in [5.74, 6) is -1.26. The summed E-state index contributed by atoms with van der Waals surface area (Å²) in [5.41, 5.74) is 5.15. The summed E-state index contributed by atoms with van der Waals surface area (Å²) in [4.78, 5) is 15.3. The van der Waals surface area contributed by atoms with Crippen LogP contribution in [-0.2, 0) is 22.5 Å². The normalized spacial score (nSPS) is 11.1. The average Bonchev–Trinajstić information content (AvgIpc) is 2.39. The lowest BCUT2D eigenvalue weighted by Gasteiger charge is -2.16. The van der Waals surface area contributed by atoms with E-state index in [2.05, 4.69) is 9.72 Å². The van der Waals surface area contributed by atoms with Gasteiger partial charge in [0.05, 0.1) is 20.1 Å². The number of nitrogens with zero attached hydrogens (tertiary/aromatic N) is 1. The number of alkyl halides is 3. The summed E-state index contributed by atoms with van der Waals surface area (Å²) in [6.45, 7) is 1.39. The van der Waals surface area contributed by atoms with Gasteiger partial charge < -0.3 is 19.9 Å². The van der Waals surface area contributed by atoms with Crippen LogP contribution in [0.5, 0.6) is 11.6 Å². The average molecular weight is 308 g/mol. The summed E-state index contributed by atoms with van der Waals surface area (Å²) < 4.78 is 50.9. The maximum Gasteiger partial charge on any atom is 0.573 e. The van der Waals surface area contributed by atoms with Gasteiger partial charge in [0, 0.05) is 18.2 Å². The minimum Gasteiger partial charge on any atom is -0.481 e. The van der Waals surface area contributed by atoms with Crippen LogP contribution in [0.15, 0.2) is 6.07 Å². The summed E-state index contributed by atoms with van der Waals surface area (Å²) in [6.07, 6.45) is -5.34. The van der Waals surface area contributed by atoms with E-state index in [0.717, 1.165) is 0 Å². The molecule has 2 N–H and O–H groups in total. The molecule has 1 rings (SSSR count). The monoisotopic (exact) mass is 308 g/mol. The van der Waals surface area contributed by atoms with Crippen molar-refractivity contribution in [1.29, 1.82) is 0 Å². The molecule has 0 saturated carbocycles. The van der Waals surface area contributed by atoms with Gasteiger partial charge >= 0.3 is 12.3 Å². The molecule has 0 aliphatic rings. The van der Waals surface area contributed by atoms with Gasteiger partial charge in [0.1, 0.15) is 5.69 Å². The Morgan fingerprint density at radius 1 is 1.43 bits per heavy atom. The van der Waals surface area contributed by atoms with Crippen molar-refractivity contribution in [2.45, 2.75) is 26.3 Å². The largest absolute Gasteiger partial charge is 0.573 e. The lowest BCUT2D eigenvalue weighted by atomic mass is 10.1. The van der Waals surface area contributed by atoms with Crippen LogP contribution in [0.4, 0.5) is 13.2 Å². The number of aromatic nitrogens is 1. The quantitative estimate of drug-likeness (QED) is 0.803. The number of rotatable bonds is 6. The zero-order valence-electron chi connectivity index (χ0n) is 11.5. The van der Waals surface area contributed by atoms with E-state index >= 15 is 0 Å². The van der Waals surface area contributed by atoms with Crippen molar-refractivity contribution in [3.8, 4) is 11.6 Å². The Hall–Kier alpha value is -2.03. The number of pyridine rings is 1. The van der Waals surface area contributed by atoms with Gasteiger partial charge in [0.2, 0.25) is 5.88 Å². The summed E-state index contributed by atoms with van der Waals surface area (Å²) in [7, 11) is 1.29. The van der Waals surface area contributed by atoms with E-state index in [-0.39, 0.29) is 30.3 Å². The fraction of sp³-hybridized carbons (Fsp3) is 0.500. The van der Waals surface area contributed by atoms with Crippen molar-refractivity contribution in [3.63, 3.8) is 0 Å². The Kier molecular flexibility index (Phi) is 5.77. The molecule has 9 heteroatoms. The van der Waals surface area contributed by atoms with E-state index in [4.69, 9.17) is 15.2 Å². The first-order valence-electron chi connectivity index (χ1n) is 5.99. The number of esters is 1. The predicted molar refractivity (Wildman–Crippen MR) is 65.7 cm³/mol. The highest BCUT2D eigenvalue weighted by Crippen LogP contribution is 2.32. The van der Waals surface area contributed by atoms with E-state index in [1.165, 1.54) is 13.2 Å². The van der Waals surface area contributed by atoms with Gasteiger partial charge in [-0.25, -0.2) is 4.98 Å². The first-order valence-corrected chi connectivity index (χ1v) is 5.99. The molecule has 0 radical (unpaired) electrons. The second-order valence-electron chi connectivity index (χ2n) is 3.83. The highest BCUT2D eigenvalue weighted by molar-refractivity contribution is 5.74. The number of methoxy groups -OCH3 is 1. The van der Waals surface area contributed by atoms with Crippen molar-refractivity contribution >= 4 is 5.97 Å². The van der Waals surface area contributed by atoms with Crippen LogP contribution in [0.3, 0.4) is 0 Å². The third-order valence-corrected chi connectivity index (χ3v) is 2.36. The number of carbonyl (C=O) groups excluding carboxylic acids is 1. The van der Waals surface area contributed by atoms with Crippen molar-refractivity contribution < 1.29 is 32.2 Å². The molecule has 0 unspecified atom stereocenters. The molecule has 0 spiro atoms. The van der Waals surface area contributed by atoms with Gasteiger partial charge in [0.15, 0.2) is 5.75 Å². The standard InChI is InChI=1S/C12H15F3N2O4/c1-3-20-10(18)5-7-4-9(19-2)17-8(6-16)11(7)21-12(13,14)15/h4H,3,5-6,16H2,1-2H3. The molecular formula is C12H15F3N2O4. The van der Waals surface area contributed by atoms with Crippen molar-refractivity contribution in [2.24, 2.45) is 5.73 Å². The van der Waals surface area contributed by atoms with E-state index in [0.29, 0.717) is 0 Å². The van der Waals surface area contributed by atoms with Gasteiger partial charge in [-0.3, -0.25) is 4.79 Å². The smallest absolute Gasteiger partial charge is 0.481 e. The molecule has 1 aromatic heterocycles. The molecule has 0 aromatic carbocycles. The molecule has 1 aromatic rings. The minimum absolute atomic E-state index is 0.0317. The van der Waals surface area contributed by atoms with Crippen LogP contribution < -0.4 is 15.2 Å². The molecule has 0 aliphatic heterocycles. The predicted octanol–water partition coefficient (Wildman–Crippen LogP) is 1.55. The third-order valence-electron chi connectivity index (χ3n) is 2.36. The zero-order valence-corrected chi connectivity index (χ0v) is 11.5. The van der Waals surface area contributed by atoms with Crippen LogP contribution >= 0.6 is 0 Å². The molecule has 1 heterocycles. The maximum atomic E-state index is 12.5. The van der Waals surface area contributed by atoms with Crippen molar-refractivity contribution in [3.05, 3.63) is 17.3 Å². The van der Waals surface area contributed by atoms with E-state index < -0.39 is 24.5 Å². The molecule has 0 saturated heterocycles. The van der Waals surface area contributed by atoms with Crippen molar-refractivity contribution in [2.75, 3.05) is 13.7 Å². The highest BCUT2D eigenvalue weighted by Gasteiger charge is 2.34. The van der Waals surface area contributed by atoms with Gasteiger partial charge in [0.25, 0.3) is 0 Å². The Morgan fingerprint density at radius 3 is 2.57 bits per heavy atom. The number of hydrogen-bond donors (Lipinski definition) is 1. The first kappa shape index (κ1) is 17.0. The Balaban J connectivity index is 3.24. The molecule has 0 bridgehead atoms. The Labute approximate surface area is 119 Å². The lowest BCUT2D eigenvalue weighted by molar-refractivity contribution is -0.275. The fourth-order valence-electron chi connectivity index (χ4n) is 1.60. The second kappa shape index (κ2) is 7.11. The van der Waals surface area contributed by atoms with Gasteiger partial charge in [-0.15, -0.1) is 13.2 Å². The zero-order chi connectivity index (χ0) is 16.0. The molecule has 0 aliphatic carbocycles. The second-order valence-corrected chi connectivity index (χ2v) is 3.83. The maximum absolute atomic E-state index is 12.5. The lowest BCUT2D eigenvalue weighted by Crippen LogP contribution is -2.21. The molecular weight excluding hydrogens is 293 g/mol. The third kappa shape index (κ3) is 5.10. The summed E-state index contributed by atoms with van der Waals surface area (Å²) >= 11 is 0. The van der Waals surface area contributed by atoms with Crippen LogP contribution in [0.2, 0.25) is 0 Å². The van der Waals surface area contributed by atoms with Gasteiger partial charge in [-0.05, 0) is 6.92 Å². The van der Waals surface area contributed by atoms with Crippen molar-refractivity contribution in [1.82, 2.24) is 4.98 Å². The number of carbonyl (C=O) groups is 1. The van der Waals surface area contributed by atoms with E-state index in [1.54, 1.807) is 6.92 Å². The molecule has 21 heavy (non-hydrogen) atoms. The van der Waals surface area contributed by atoms with Gasteiger partial charge in [-0.1, -0.05) is 0 Å². The summed E-state index contributed by atoms with van der Waals surface area (Å²) in [5, 5.41) is 0. The molecule has 0 amide bonds. The van der Waals surface area contributed by atoms with Crippen LogP contribution in [0.1, 0.15) is 18.2 Å². The Morgan fingerprint density at radius 2 is 2.10 bits per heavy atom. The van der Waals surface area contributed by atoms with E-state index in [1.807, 2.05) is 0 Å². The van der Waals surface area contributed by atoms with Crippen LogP contribution in [-0.4, -0.2) is 31.0 Å². The minimum atomic E-state index is -4.93. The van der Waals surface area contributed by atoms with Crippen LogP contribution in [0.25, 0.3) is 0 Å². The summed E-state index contributed by atoms with van der Waals surface area (Å²) in [6, 6.07) is 1.18. The number of hydrogen-bond acceptors (Lipinski definition) is 6. The first-order chi connectivity index (χ1) is 9.80. The number of nitrogens with two attached hydrogens (primary N) is 1. The Bertz CT molecular complexity index is 506. The molecule has 118 valence electrons. The van der Waals surface area contributed by atoms with Gasteiger partial charge in [-0.2, -0.15) is 0 Å². The molecule has 0 atom stereocenters. The highest BCUT2D eigenvalue weighted by atomic mass is 19.4. The number of halogens is 3. The molecule has 0 fully saturated rings. The van der Waals surface area contributed by atoms with E-state index in [9.17, 15) is 18.0 Å². The molecule has 6 nitrogen and oxygen atoms in total. The fourth-order valence-corrected chi connectivity index (χ4v) is 1.60. The SMILES string of the molecule is CCOC(=O)Cc1cc(OC)nc(CN)c1OC(F)(F)F.